The lowest BCUT2D eigenvalue weighted by Crippen LogP contribution is -2.44. The summed E-state index contributed by atoms with van der Waals surface area (Å²) in [5.41, 5.74) is 0.192. The third kappa shape index (κ3) is 3.43. The number of nitrogens with zero attached hydrogens (tertiary/aromatic N) is 2. The molecule has 2 N–H and O–H groups in total. The first-order valence-corrected chi connectivity index (χ1v) is 6.27. The summed E-state index contributed by atoms with van der Waals surface area (Å²) in [6.45, 7) is 3.15. The van der Waals surface area contributed by atoms with E-state index in [9.17, 15) is 9.59 Å². The molecule has 0 bridgehead atoms. The van der Waals surface area contributed by atoms with Gasteiger partial charge in [0.25, 0.3) is 0 Å². The van der Waals surface area contributed by atoms with Gasteiger partial charge in [0.15, 0.2) is 0 Å². The predicted octanol–water partition coefficient (Wildman–Crippen LogP) is 0.885. The first-order chi connectivity index (χ1) is 9.06. The maximum atomic E-state index is 11.0. The van der Waals surface area contributed by atoms with Crippen LogP contribution in [0.15, 0.2) is 18.3 Å². The standard InChI is InChI=1S/C13H17N3O3/c1-9(17)15-11-4-6-16(7-5-11)12-3-2-10(8-14-12)13(18)19/h2-3,8,11H,4-7H2,1H3,(H,15,17)(H,18,19). The lowest BCUT2D eigenvalue weighted by Gasteiger charge is -2.33. The van der Waals surface area contributed by atoms with Crippen molar-refractivity contribution in [2.24, 2.45) is 0 Å². The molecule has 1 aliphatic heterocycles. The number of hydrogen-bond donors (Lipinski definition) is 2. The lowest BCUT2D eigenvalue weighted by atomic mass is 10.1. The Bertz CT molecular complexity index is 465. The summed E-state index contributed by atoms with van der Waals surface area (Å²) >= 11 is 0. The average Bonchev–Trinajstić information content (AvgIpc) is 2.39. The van der Waals surface area contributed by atoms with Crippen LogP contribution >= 0.6 is 0 Å². The molecule has 102 valence electrons. The summed E-state index contributed by atoms with van der Waals surface area (Å²) in [6, 6.07) is 3.51. The number of hydrogen-bond acceptors (Lipinski definition) is 4. The minimum atomic E-state index is -0.969. The number of aromatic nitrogens is 1. The van der Waals surface area contributed by atoms with Gasteiger partial charge in [-0.25, -0.2) is 9.78 Å². The Hall–Kier alpha value is -2.11. The van der Waals surface area contributed by atoms with Crippen LogP contribution in [-0.2, 0) is 4.79 Å². The van der Waals surface area contributed by atoms with Crippen LogP contribution in [0, 0.1) is 0 Å². The highest BCUT2D eigenvalue weighted by Gasteiger charge is 2.20. The van der Waals surface area contributed by atoms with Crippen molar-refractivity contribution in [3.8, 4) is 0 Å². The quantitative estimate of drug-likeness (QED) is 0.846. The summed E-state index contributed by atoms with van der Waals surface area (Å²) in [5.74, 6) is -0.183. The van der Waals surface area contributed by atoms with E-state index in [0.29, 0.717) is 0 Å². The van der Waals surface area contributed by atoms with Crippen LogP contribution in [0.4, 0.5) is 5.82 Å². The Kier molecular flexibility index (Phi) is 3.99. The average molecular weight is 263 g/mol. The van der Waals surface area contributed by atoms with Gasteiger partial charge in [0.2, 0.25) is 5.91 Å². The highest BCUT2D eigenvalue weighted by molar-refractivity contribution is 5.87. The summed E-state index contributed by atoms with van der Waals surface area (Å²) in [4.78, 5) is 28.0. The van der Waals surface area contributed by atoms with Crippen molar-refractivity contribution in [2.75, 3.05) is 18.0 Å². The van der Waals surface area contributed by atoms with Crippen molar-refractivity contribution in [1.82, 2.24) is 10.3 Å². The molecule has 0 saturated carbocycles. The predicted molar refractivity (Wildman–Crippen MR) is 70.2 cm³/mol. The number of amides is 1. The van der Waals surface area contributed by atoms with E-state index < -0.39 is 5.97 Å². The maximum absolute atomic E-state index is 11.0. The topological polar surface area (TPSA) is 82.5 Å². The zero-order chi connectivity index (χ0) is 13.8. The fourth-order valence-electron chi connectivity index (χ4n) is 2.24. The number of pyridine rings is 1. The Labute approximate surface area is 111 Å². The second kappa shape index (κ2) is 5.69. The highest BCUT2D eigenvalue weighted by Crippen LogP contribution is 2.18. The van der Waals surface area contributed by atoms with Gasteiger partial charge in [-0.3, -0.25) is 4.79 Å². The van der Waals surface area contributed by atoms with Crippen LogP contribution < -0.4 is 10.2 Å². The van der Waals surface area contributed by atoms with Gasteiger partial charge >= 0.3 is 5.97 Å². The maximum Gasteiger partial charge on any atom is 0.337 e. The first kappa shape index (κ1) is 13.3. The second-order valence-corrected chi connectivity index (χ2v) is 4.67. The van der Waals surface area contributed by atoms with Crippen molar-refractivity contribution in [3.05, 3.63) is 23.9 Å². The Morgan fingerprint density at radius 1 is 1.37 bits per heavy atom. The Balaban J connectivity index is 1.94. The molecule has 1 amide bonds. The van der Waals surface area contributed by atoms with Crippen molar-refractivity contribution < 1.29 is 14.7 Å². The molecule has 0 radical (unpaired) electrons. The molecule has 0 atom stereocenters. The van der Waals surface area contributed by atoms with Crippen LogP contribution in [0.3, 0.4) is 0 Å². The molecule has 1 aliphatic rings. The Morgan fingerprint density at radius 2 is 2.05 bits per heavy atom. The van der Waals surface area contributed by atoms with Gasteiger partial charge < -0.3 is 15.3 Å². The number of anilines is 1. The van der Waals surface area contributed by atoms with Crippen molar-refractivity contribution in [3.63, 3.8) is 0 Å². The number of carboxylic acid groups (broad SMARTS) is 1. The fraction of sp³-hybridized carbons (Fsp3) is 0.462. The molecule has 2 heterocycles. The van der Waals surface area contributed by atoms with Crippen LogP contribution in [-0.4, -0.2) is 41.1 Å². The van der Waals surface area contributed by atoms with E-state index in [4.69, 9.17) is 5.11 Å². The van der Waals surface area contributed by atoms with Gasteiger partial charge in [-0.15, -0.1) is 0 Å². The van der Waals surface area contributed by atoms with Crippen LogP contribution in [0.5, 0.6) is 0 Å². The SMILES string of the molecule is CC(=O)NC1CCN(c2ccc(C(=O)O)cn2)CC1. The summed E-state index contributed by atoms with van der Waals surface area (Å²) in [6.07, 6.45) is 3.13. The zero-order valence-electron chi connectivity index (χ0n) is 10.8. The second-order valence-electron chi connectivity index (χ2n) is 4.67. The fourth-order valence-corrected chi connectivity index (χ4v) is 2.24. The van der Waals surface area contributed by atoms with E-state index in [1.54, 1.807) is 12.1 Å². The molecule has 1 saturated heterocycles. The van der Waals surface area contributed by atoms with Gasteiger partial charge in [-0.2, -0.15) is 0 Å². The van der Waals surface area contributed by atoms with Gasteiger partial charge in [0.1, 0.15) is 5.82 Å². The highest BCUT2D eigenvalue weighted by atomic mass is 16.4. The zero-order valence-corrected chi connectivity index (χ0v) is 10.8. The van der Waals surface area contributed by atoms with E-state index in [1.807, 2.05) is 0 Å². The minimum absolute atomic E-state index is 0.00221. The number of aromatic carboxylic acids is 1. The van der Waals surface area contributed by atoms with E-state index in [2.05, 4.69) is 15.2 Å². The van der Waals surface area contributed by atoms with E-state index in [0.717, 1.165) is 31.7 Å². The van der Waals surface area contributed by atoms with Gasteiger partial charge in [0.05, 0.1) is 5.56 Å². The van der Waals surface area contributed by atoms with Crippen molar-refractivity contribution in [1.29, 1.82) is 0 Å². The molecule has 1 aromatic heterocycles. The number of nitrogens with one attached hydrogen (secondary N) is 1. The van der Waals surface area contributed by atoms with E-state index in [1.165, 1.54) is 13.1 Å². The molecular formula is C13H17N3O3. The van der Waals surface area contributed by atoms with Gasteiger partial charge in [0, 0.05) is 32.3 Å². The molecule has 19 heavy (non-hydrogen) atoms. The summed E-state index contributed by atoms with van der Waals surface area (Å²) < 4.78 is 0. The van der Waals surface area contributed by atoms with E-state index in [-0.39, 0.29) is 17.5 Å². The summed E-state index contributed by atoms with van der Waals surface area (Å²) in [7, 11) is 0. The van der Waals surface area contributed by atoms with Gasteiger partial charge in [-0.05, 0) is 25.0 Å². The van der Waals surface area contributed by atoms with Crippen molar-refractivity contribution >= 4 is 17.7 Å². The molecule has 0 unspecified atom stereocenters. The normalized spacial score (nSPS) is 16.2. The van der Waals surface area contributed by atoms with Crippen LogP contribution in [0.1, 0.15) is 30.1 Å². The number of piperidine rings is 1. The van der Waals surface area contributed by atoms with Gasteiger partial charge in [-0.1, -0.05) is 0 Å². The molecule has 0 spiro atoms. The molecule has 0 aliphatic carbocycles. The number of carbonyl (C=O) groups is 2. The van der Waals surface area contributed by atoms with Crippen LogP contribution in [0.2, 0.25) is 0 Å². The largest absolute Gasteiger partial charge is 0.478 e. The van der Waals surface area contributed by atoms with Crippen LogP contribution in [0.25, 0.3) is 0 Å². The Morgan fingerprint density at radius 3 is 2.53 bits per heavy atom. The molecule has 1 fully saturated rings. The van der Waals surface area contributed by atoms with E-state index >= 15 is 0 Å². The lowest BCUT2D eigenvalue weighted by molar-refractivity contribution is -0.119. The molecule has 2 rings (SSSR count). The third-order valence-corrected chi connectivity index (χ3v) is 3.22. The first-order valence-electron chi connectivity index (χ1n) is 6.27. The smallest absolute Gasteiger partial charge is 0.337 e. The van der Waals surface area contributed by atoms with Crippen molar-refractivity contribution in [2.45, 2.75) is 25.8 Å². The minimum Gasteiger partial charge on any atom is -0.478 e. The number of carbonyl (C=O) groups excluding carboxylic acids is 1. The number of rotatable bonds is 3. The monoisotopic (exact) mass is 263 g/mol. The molecule has 1 aromatic rings. The molecule has 6 nitrogen and oxygen atoms in total. The summed E-state index contributed by atoms with van der Waals surface area (Å²) in [5, 5.41) is 11.7. The molecule has 6 heteroatoms. The third-order valence-electron chi connectivity index (χ3n) is 3.22. The molecule has 0 aromatic carbocycles. The molecular weight excluding hydrogens is 246 g/mol. The number of carboxylic acids is 1.